The normalized spacial score (nSPS) is 28.8. The third-order valence-corrected chi connectivity index (χ3v) is 7.49. The fourth-order valence-electron chi connectivity index (χ4n) is 5.68. The Labute approximate surface area is 168 Å². The fourth-order valence-corrected chi connectivity index (χ4v) is 5.68. The molecule has 1 aromatic carbocycles. The minimum Gasteiger partial charge on any atom is -0.494 e. The van der Waals surface area contributed by atoms with Crippen molar-refractivity contribution in [1.29, 1.82) is 0 Å². The second kappa shape index (κ2) is 11.1. The second-order valence-corrected chi connectivity index (χ2v) is 9.32. The van der Waals surface area contributed by atoms with Gasteiger partial charge in [-0.25, -0.2) is 0 Å². The second-order valence-electron chi connectivity index (χ2n) is 9.32. The summed E-state index contributed by atoms with van der Waals surface area (Å²) in [5, 5.41) is 0. The highest BCUT2D eigenvalue weighted by Crippen LogP contribution is 2.43. The highest BCUT2D eigenvalue weighted by molar-refractivity contribution is 5.27. The maximum absolute atomic E-state index is 5.55. The van der Waals surface area contributed by atoms with Gasteiger partial charge in [0.15, 0.2) is 0 Å². The summed E-state index contributed by atoms with van der Waals surface area (Å²) < 4.78 is 5.55. The largest absolute Gasteiger partial charge is 0.494 e. The van der Waals surface area contributed by atoms with E-state index in [1.165, 1.54) is 89.0 Å². The topological polar surface area (TPSA) is 9.23 Å². The number of benzene rings is 1. The monoisotopic (exact) mass is 370 g/mol. The zero-order chi connectivity index (χ0) is 18.9. The van der Waals surface area contributed by atoms with E-state index in [0.29, 0.717) is 0 Å². The molecule has 0 heterocycles. The average molecular weight is 371 g/mol. The molecule has 2 aliphatic rings. The molecule has 3 rings (SSSR count). The molecule has 0 atom stereocenters. The van der Waals surface area contributed by atoms with E-state index in [2.05, 4.69) is 31.2 Å². The van der Waals surface area contributed by atoms with E-state index >= 15 is 0 Å². The summed E-state index contributed by atoms with van der Waals surface area (Å²) in [5.74, 6) is 5.15. The summed E-state index contributed by atoms with van der Waals surface area (Å²) in [5.41, 5.74) is 1.48. The summed E-state index contributed by atoms with van der Waals surface area (Å²) in [7, 11) is 0. The Bertz CT molecular complexity index is 504. The molecule has 0 radical (unpaired) electrons. The molecule has 27 heavy (non-hydrogen) atoms. The summed E-state index contributed by atoms with van der Waals surface area (Å²) in [6.45, 7) is 5.13. The van der Waals surface area contributed by atoms with Crippen molar-refractivity contribution in [3.05, 3.63) is 29.8 Å². The fraction of sp³-hybridized carbons (Fsp3) is 0.769. The summed E-state index contributed by atoms with van der Waals surface area (Å²) >= 11 is 0. The van der Waals surface area contributed by atoms with Gasteiger partial charge in [0.1, 0.15) is 5.75 Å². The van der Waals surface area contributed by atoms with E-state index in [4.69, 9.17) is 4.74 Å². The average Bonchev–Trinajstić information content (AvgIpc) is 2.73. The quantitative estimate of drug-likeness (QED) is 0.430. The Kier molecular flexibility index (Phi) is 8.55. The number of aryl methyl sites for hydroxylation is 1. The van der Waals surface area contributed by atoms with Gasteiger partial charge in [-0.05, 0) is 86.8 Å². The van der Waals surface area contributed by atoms with Crippen molar-refractivity contribution in [2.75, 3.05) is 6.61 Å². The van der Waals surface area contributed by atoms with Crippen LogP contribution < -0.4 is 4.74 Å². The minimum absolute atomic E-state index is 0.753. The maximum atomic E-state index is 5.55. The van der Waals surface area contributed by atoms with Crippen molar-refractivity contribution >= 4 is 0 Å². The van der Waals surface area contributed by atoms with Crippen LogP contribution in [-0.4, -0.2) is 6.61 Å². The third kappa shape index (κ3) is 6.54. The van der Waals surface area contributed by atoms with Crippen molar-refractivity contribution < 1.29 is 4.74 Å². The van der Waals surface area contributed by atoms with Gasteiger partial charge in [0.2, 0.25) is 0 Å². The first-order valence-electron chi connectivity index (χ1n) is 12.0. The smallest absolute Gasteiger partial charge is 0.119 e. The lowest BCUT2D eigenvalue weighted by Crippen LogP contribution is -2.26. The molecule has 1 aromatic rings. The van der Waals surface area contributed by atoms with Gasteiger partial charge in [-0.1, -0.05) is 64.0 Å². The first kappa shape index (κ1) is 20.7. The molecule has 0 amide bonds. The van der Waals surface area contributed by atoms with Gasteiger partial charge in [-0.2, -0.15) is 0 Å². The molecule has 2 aliphatic carbocycles. The van der Waals surface area contributed by atoms with Crippen LogP contribution in [0.1, 0.15) is 96.5 Å². The van der Waals surface area contributed by atoms with E-state index in [0.717, 1.165) is 36.0 Å². The SMILES string of the molecule is CCCC[C@H]1CC[C@H]([C@H]2CC[C@H](CCc3ccc(OCC)cc3)CC2)CC1. The van der Waals surface area contributed by atoms with Crippen LogP contribution >= 0.6 is 0 Å². The molecule has 0 N–H and O–H groups in total. The van der Waals surface area contributed by atoms with E-state index in [9.17, 15) is 0 Å². The lowest BCUT2D eigenvalue weighted by Gasteiger charge is -2.38. The van der Waals surface area contributed by atoms with Crippen molar-refractivity contribution in [2.45, 2.75) is 97.3 Å². The Morgan fingerprint density at radius 3 is 1.81 bits per heavy atom. The van der Waals surface area contributed by atoms with Crippen molar-refractivity contribution in [2.24, 2.45) is 23.7 Å². The predicted molar refractivity (Wildman–Crippen MR) is 116 cm³/mol. The van der Waals surface area contributed by atoms with Crippen LogP contribution in [-0.2, 0) is 6.42 Å². The van der Waals surface area contributed by atoms with Gasteiger partial charge < -0.3 is 4.74 Å². The van der Waals surface area contributed by atoms with Crippen molar-refractivity contribution in [3.8, 4) is 5.75 Å². The third-order valence-electron chi connectivity index (χ3n) is 7.49. The first-order valence-corrected chi connectivity index (χ1v) is 12.0. The summed E-state index contributed by atoms with van der Waals surface area (Å²) in [4.78, 5) is 0. The lowest BCUT2D eigenvalue weighted by atomic mass is 9.68. The molecule has 2 fully saturated rings. The van der Waals surface area contributed by atoms with Crippen LogP contribution in [0.25, 0.3) is 0 Å². The molecular weight excluding hydrogens is 328 g/mol. The molecule has 0 saturated heterocycles. The number of hydrogen-bond donors (Lipinski definition) is 0. The standard InChI is InChI=1S/C26H42O/c1-3-5-6-21-9-15-24(16-10-21)25-17-11-22(12-18-25)7-8-23-13-19-26(20-14-23)27-4-2/h13-14,19-22,24-25H,3-12,15-18H2,1-2H3/t21-,22-,24-,25-. The van der Waals surface area contributed by atoms with Crippen LogP contribution in [0.4, 0.5) is 0 Å². The van der Waals surface area contributed by atoms with E-state index in [-0.39, 0.29) is 0 Å². The molecule has 1 heteroatoms. The molecule has 1 nitrogen and oxygen atoms in total. The zero-order valence-corrected chi connectivity index (χ0v) is 17.9. The molecule has 0 unspecified atom stereocenters. The zero-order valence-electron chi connectivity index (χ0n) is 17.9. The maximum Gasteiger partial charge on any atom is 0.119 e. The number of ether oxygens (including phenoxy) is 1. The van der Waals surface area contributed by atoms with Crippen molar-refractivity contribution in [3.63, 3.8) is 0 Å². The van der Waals surface area contributed by atoms with Crippen molar-refractivity contribution in [1.82, 2.24) is 0 Å². The number of unbranched alkanes of at least 4 members (excludes halogenated alkanes) is 1. The molecule has 2 saturated carbocycles. The highest BCUT2D eigenvalue weighted by Gasteiger charge is 2.30. The van der Waals surface area contributed by atoms with E-state index in [1.807, 2.05) is 6.92 Å². The van der Waals surface area contributed by atoms with Crippen LogP contribution in [0.15, 0.2) is 24.3 Å². The van der Waals surface area contributed by atoms with E-state index in [1.54, 1.807) is 0 Å². The highest BCUT2D eigenvalue weighted by atomic mass is 16.5. The lowest BCUT2D eigenvalue weighted by molar-refractivity contribution is 0.140. The molecule has 0 spiro atoms. The van der Waals surface area contributed by atoms with Crippen LogP contribution in [0, 0.1) is 23.7 Å². The predicted octanol–water partition coefficient (Wildman–Crippen LogP) is 7.82. The van der Waals surface area contributed by atoms with Gasteiger partial charge in [0, 0.05) is 0 Å². The Morgan fingerprint density at radius 1 is 0.741 bits per heavy atom. The number of rotatable bonds is 9. The van der Waals surface area contributed by atoms with Crippen LogP contribution in [0.2, 0.25) is 0 Å². The molecule has 0 aromatic heterocycles. The Balaban J connectivity index is 1.33. The number of hydrogen-bond acceptors (Lipinski definition) is 1. The Hall–Kier alpha value is -0.980. The molecule has 0 bridgehead atoms. The van der Waals surface area contributed by atoms with Crippen LogP contribution in [0.5, 0.6) is 5.75 Å². The van der Waals surface area contributed by atoms with E-state index < -0.39 is 0 Å². The van der Waals surface area contributed by atoms with Gasteiger partial charge in [0.05, 0.1) is 6.61 Å². The van der Waals surface area contributed by atoms with Crippen LogP contribution in [0.3, 0.4) is 0 Å². The molecule has 152 valence electrons. The van der Waals surface area contributed by atoms with Gasteiger partial charge >= 0.3 is 0 Å². The van der Waals surface area contributed by atoms with Gasteiger partial charge in [0.25, 0.3) is 0 Å². The molecular formula is C26H42O. The van der Waals surface area contributed by atoms with Gasteiger partial charge in [-0.15, -0.1) is 0 Å². The first-order chi connectivity index (χ1) is 13.3. The minimum atomic E-state index is 0.753. The summed E-state index contributed by atoms with van der Waals surface area (Å²) in [6, 6.07) is 8.78. The summed E-state index contributed by atoms with van der Waals surface area (Å²) in [6.07, 6.45) is 19.1. The van der Waals surface area contributed by atoms with Gasteiger partial charge in [-0.3, -0.25) is 0 Å². The Morgan fingerprint density at radius 2 is 1.30 bits per heavy atom. The molecule has 0 aliphatic heterocycles.